The topological polar surface area (TPSA) is 34.9 Å². The molecule has 2 aliphatic rings. The fourth-order valence-electron chi connectivity index (χ4n) is 3.01. The van der Waals surface area contributed by atoms with E-state index in [0.29, 0.717) is 16.6 Å². The van der Waals surface area contributed by atoms with Gasteiger partial charge in [-0.2, -0.15) is 18.3 Å². The molecule has 0 fully saturated rings. The van der Waals surface area contributed by atoms with E-state index in [4.69, 9.17) is 11.6 Å². The summed E-state index contributed by atoms with van der Waals surface area (Å²) in [4.78, 5) is 12.0. The van der Waals surface area contributed by atoms with E-state index in [2.05, 4.69) is 5.10 Å². The van der Waals surface area contributed by atoms with E-state index in [1.165, 1.54) is 4.68 Å². The molecule has 0 saturated heterocycles. The van der Waals surface area contributed by atoms with Gasteiger partial charge < -0.3 is 0 Å². The molecule has 7 heteroatoms. The Kier molecular flexibility index (Phi) is 3.73. The normalized spacial score (nSPS) is 12.0. The number of hydrogen-bond acceptors (Lipinski definition) is 2. The molecule has 0 atom stereocenters. The van der Waals surface area contributed by atoms with Crippen LogP contribution >= 0.6 is 11.6 Å². The van der Waals surface area contributed by atoms with Crippen LogP contribution in [0.2, 0.25) is 5.02 Å². The van der Waals surface area contributed by atoms with Gasteiger partial charge in [-0.3, -0.25) is 4.79 Å². The number of halogens is 4. The van der Waals surface area contributed by atoms with Gasteiger partial charge in [-0.25, -0.2) is 4.68 Å². The number of aromatic nitrogens is 2. The zero-order valence-electron chi connectivity index (χ0n) is 13.1. The van der Waals surface area contributed by atoms with Crippen LogP contribution in [-0.4, -0.2) is 21.7 Å². The Morgan fingerprint density at radius 2 is 1.65 bits per heavy atom. The lowest BCUT2D eigenvalue weighted by Gasteiger charge is -2.16. The highest BCUT2D eigenvalue weighted by molar-refractivity contribution is 6.35. The van der Waals surface area contributed by atoms with Gasteiger partial charge in [0.25, 0.3) is 5.78 Å². The number of nitrogens with zero attached hydrogens (tertiary/aromatic N) is 2. The van der Waals surface area contributed by atoms with Crippen LogP contribution in [0, 0.1) is 0 Å². The van der Waals surface area contributed by atoms with E-state index < -0.39 is 17.5 Å². The lowest BCUT2D eigenvalue weighted by Crippen LogP contribution is -2.23. The molecule has 2 aromatic rings. The van der Waals surface area contributed by atoms with Gasteiger partial charge in [-0.1, -0.05) is 48.0 Å². The van der Waals surface area contributed by atoms with Crippen LogP contribution in [0.5, 0.6) is 0 Å². The number of benzene rings is 2. The zero-order valence-corrected chi connectivity index (χ0v) is 13.8. The third kappa shape index (κ3) is 2.54. The van der Waals surface area contributed by atoms with Crippen LogP contribution in [0.25, 0.3) is 27.8 Å². The lowest BCUT2D eigenvalue weighted by atomic mass is 10.0. The average Bonchev–Trinajstić information content (AvgIpc) is 2.98. The number of alkyl halides is 3. The van der Waals surface area contributed by atoms with Crippen molar-refractivity contribution in [3.05, 3.63) is 71.2 Å². The Morgan fingerprint density at radius 1 is 1.00 bits per heavy atom. The first-order valence-corrected chi connectivity index (χ1v) is 8.02. The zero-order chi connectivity index (χ0) is 18.5. The molecule has 0 radical (unpaired) electrons. The largest absolute Gasteiger partial charge is 0.454 e. The minimum atomic E-state index is -4.99. The second kappa shape index (κ2) is 5.85. The van der Waals surface area contributed by atoms with Crippen LogP contribution in [0.15, 0.2) is 60.7 Å². The van der Waals surface area contributed by atoms with Crippen LogP contribution in [0.1, 0.15) is 10.4 Å². The van der Waals surface area contributed by atoms with Crippen LogP contribution in [0.4, 0.5) is 13.2 Å². The monoisotopic (exact) mass is 374 g/mol. The molecule has 1 aliphatic carbocycles. The smallest absolute Gasteiger partial charge is 0.284 e. The van der Waals surface area contributed by atoms with Crippen molar-refractivity contribution in [1.82, 2.24) is 9.78 Å². The van der Waals surface area contributed by atoms with Crippen molar-refractivity contribution < 1.29 is 18.0 Å². The first-order valence-electron chi connectivity index (χ1n) is 7.65. The number of Topliss-reactive ketones (excluding diaryl/α,β-unsaturated/α-hetero) is 1. The molecule has 0 spiro atoms. The van der Waals surface area contributed by atoms with Gasteiger partial charge >= 0.3 is 6.18 Å². The number of rotatable bonds is 2. The SMILES string of the molecule is O=C(c1cc(Cl)c2n(-c3ccccc3)nc3ccccc3c1-2)C(F)(F)F. The number of carbonyl (C=O) groups excluding carboxylic acids is 1. The third-order valence-electron chi connectivity index (χ3n) is 4.10. The van der Waals surface area contributed by atoms with E-state index in [0.717, 1.165) is 6.07 Å². The molecular weight excluding hydrogens is 365 g/mol. The summed E-state index contributed by atoms with van der Waals surface area (Å²) in [6, 6.07) is 16.7. The predicted molar refractivity (Wildman–Crippen MR) is 93.1 cm³/mol. The van der Waals surface area contributed by atoms with E-state index in [1.807, 2.05) is 6.07 Å². The first-order chi connectivity index (χ1) is 12.4. The molecule has 0 amide bonds. The Morgan fingerprint density at radius 3 is 2.35 bits per heavy atom. The molecule has 2 aromatic carbocycles. The molecule has 1 aliphatic heterocycles. The summed E-state index contributed by atoms with van der Waals surface area (Å²) in [5.41, 5.74) is 1.03. The number of carbonyl (C=O) groups is 1. The Hall–Kier alpha value is -2.86. The maximum atomic E-state index is 13.1. The molecule has 0 saturated carbocycles. The highest BCUT2D eigenvalue weighted by Gasteiger charge is 2.42. The minimum Gasteiger partial charge on any atom is -0.284 e. The summed E-state index contributed by atoms with van der Waals surface area (Å²) >= 11 is 6.25. The van der Waals surface area contributed by atoms with Crippen molar-refractivity contribution in [2.45, 2.75) is 6.18 Å². The van der Waals surface area contributed by atoms with E-state index in [-0.39, 0.29) is 16.3 Å². The Labute approximate surface area is 151 Å². The van der Waals surface area contributed by atoms with Crippen LogP contribution < -0.4 is 0 Å². The lowest BCUT2D eigenvalue weighted by molar-refractivity contribution is -0.0884. The number of para-hydroxylation sites is 1. The maximum absolute atomic E-state index is 13.1. The standard InChI is InChI=1S/C19H10ClF3N2O/c20-14-10-13(18(26)19(21,22)23)16-12-8-4-5-9-15(12)24-25(17(14)16)11-6-2-1-3-7-11/h1-10H. The number of hydrogen-bond donors (Lipinski definition) is 0. The second-order valence-electron chi connectivity index (χ2n) is 5.72. The van der Waals surface area contributed by atoms with Gasteiger partial charge in [0, 0.05) is 16.5 Å². The van der Waals surface area contributed by atoms with Crippen molar-refractivity contribution in [3.8, 4) is 16.9 Å². The van der Waals surface area contributed by atoms with E-state index in [1.54, 1.807) is 48.5 Å². The predicted octanol–water partition coefficient (Wildman–Crippen LogP) is 5.53. The molecule has 0 unspecified atom stereocenters. The quantitative estimate of drug-likeness (QED) is 0.432. The third-order valence-corrected chi connectivity index (χ3v) is 4.39. The molecule has 0 N–H and O–H groups in total. The summed E-state index contributed by atoms with van der Waals surface area (Å²) in [5, 5.41) is 4.98. The van der Waals surface area contributed by atoms with Gasteiger partial charge in [0.15, 0.2) is 0 Å². The summed E-state index contributed by atoms with van der Waals surface area (Å²) in [6.07, 6.45) is -4.99. The molecule has 4 rings (SSSR count). The van der Waals surface area contributed by atoms with Gasteiger partial charge in [0.2, 0.25) is 0 Å². The average molecular weight is 375 g/mol. The summed E-state index contributed by atoms with van der Waals surface area (Å²) in [6.45, 7) is 0. The fraction of sp³-hybridized carbons (Fsp3) is 0.0526. The molecule has 3 nitrogen and oxygen atoms in total. The molecule has 1 heterocycles. The van der Waals surface area contributed by atoms with Gasteiger partial charge in [-0.05, 0) is 24.3 Å². The molecule has 130 valence electrons. The van der Waals surface area contributed by atoms with Crippen LogP contribution in [0.3, 0.4) is 0 Å². The molecule has 0 bridgehead atoms. The minimum absolute atomic E-state index is 0.0368. The van der Waals surface area contributed by atoms with E-state index in [9.17, 15) is 18.0 Å². The Balaban J connectivity index is 2.13. The summed E-state index contributed by atoms with van der Waals surface area (Å²) in [7, 11) is 0. The van der Waals surface area contributed by atoms with Crippen molar-refractivity contribution in [2.75, 3.05) is 0 Å². The molecule has 26 heavy (non-hydrogen) atoms. The highest BCUT2D eigenvalue weighted by atomic mass is 35.5. The van der Waals surface area contributed by atoms with Crippen molar-refractivity contribution in [2.24, 2.45) is 0 Å². The van der Waals surface area contributed by atoms with E-state index >= 15 is 0 Å². The summed E-state index contributed by atoms with van der Waals surface area (Å²) < 4.78 is 40.7. The van der Waals surface area contributed by atoms with Crippen LogP contribution in [-0.2, 0) is 0 Å². The molecule has 0 aromatic heterocycles. The highest BCUT2D eigenvalue weighted by Crippen LogP contribution is 2.43. The summed E-state index contributed by atoms with van der Waals surface area (Å²) in [5.74, 6) is -1.93. The second-order valence-corrected chi connectivity index (χ2v) is 6.13. The number of ketones is 1. The molecular formula is C19H10ClF3N2O. The Bertz CT molecular complexity index is 1100. The van der Waals surface area contributed by atoms with Crippen molar-refractivity contribution in [1.29, 1.82) is 0 Å². The van der Waals surface area contributed by atoms with Crippen molar-refractivity contribution in [3.63, 3.8) is 0 Å². The van der Waals surface area contributed by atoms with Gasteiger partial charge in [0.1, 0.15) is 0 Å². The van der Waals surface area contributed by atoms with Gasteiger partial charge in [0.05, 0.1) is 21.9 Å². The fourth-order valence-corrected chi connectivity index (χ4v) is 3.30. The van der Waals surface area contributed by atoms with Gasteiger partial charge in [-0.15, -0.1) is 0 Å². The maximum Gasteiger partial charge on any atom is 0.454 e. The number of fused-ring (bicyclic) bond motifs is 3. The first kappa shape index (κ1) is 16.6. The van der Waals surface area contributed by atoms with Crippen molar-refractivity contribution >= 4 is 28.3 Å².